The molecular weight excluding hydrogens is 395 g/mol. The Labute approximate surface area is 170 Å². The number of rotatable bonds is 7. The van der Waals surface area contributed by atoms with Crippen LogP contribution in [0.4, 0.5) is 0 Å². The lowest BCUT2D eigenvalue weighted by Crippen LogP contribution is -2.23. The van der Waals surface area contributed by atoms with E-state index in [-0.39, 0.29) is 0 Å². The molecule has 0 aliphatic carbocycles. The van der Waals surface area contributed by atoms with Gasteiger partial charge in [-0.25, -0.2) is 9.13 Å². The van der Waals surface area contributed by atoms with Crippen LogP contribution in [0.5, 0.6) is 0 Å². The Morgan fingerprint density at radius 3 is 2.15 bits per heavy atom. The maximum Gasteiger partial charge on any atom is 0.243 e. The molecule has 144 valence electrons. The fourth-order valence-corrected chi connectivity index (χ4v) is 5.00. The standard InChI is InChI=1S/C14H15O2PS2.C6H11N2/c15-17(18,16-11-13-7-3-1-4-8-13)19-12-14-9-5-2-6-10-14;1-3-8-5-4-7(2)6-8/h1-10H,11-12H2,(H,15,18);4-6H,3H2,1-2H3/q;+1/p-1. The highest BCUT2D eigenvalue weighted by Crippen LogP contribution is 2.53. The third kappa shape index (κ3) is 8.87. The molecule has 0 N–H and O–H groups in total. The van der Waals surface area contributed by atoms with Crippen LogP contribution in [-0.2, 0) is 42.3 Å². The first kappa shape index (κ1) is 21.9. The van der Waals surface area contributed by atoms with Gasteiger partial charge in [-0.15, -0.1) is 11.4 Å². The number of aryl methyl sites for hydroxylation is 2. The number of benzene rings is 2. The summed E-state index contributed by atoms with van der Waals surface area (Å²) in [4.78, 5) is 12.1. The van der Waals surface area contributed by atoms with E-state index in [1.165, 1.54) is 11.4 Å². The van der Waals surface area contributed by atoms with Gasteiger partial charge in [0.1, 0.15) is 12.4 Å². The van der Waals surface area contributed by atoms with Crippen LogP contribution in [0.25, 0.3) is 0 Å². The van der Waals surface area contributed by atoms with Crippen molar-refractivity contribution >= 4 is 28.9 Å². The molecule has 0 aliphatic rings. The van der Waals surface area contributed by atoms with E-state index in [0.29, 0.717) is 12.4 Å². The molecule has 2 aromatic carbocycles. The molecule has 1 heterocycles. The predicted molar refractivity (Wildman–Crippen MR) is 115 cm³/mol. The molecule has 0 fully saturated rings. The lowest BCUT2D eigenvalue weighted by molar-refractivity contribution is -0.671. The van der Waals surface area contributed by atoms with Crippen molar-refractivity contribution < 1.29 is 14.0 Å². The second-order valence-electron chi connectivity index (χ2n) is 5.87. The van der Waals surface area contributed by atoms with Crippen LogP contribution < -0.4 is 9.46 Å². The van der Waals surface area contributed by atoms with Crippen LogP contribution in [0.2, 0.25) is 0 Å². The fraction of sp³-hybridized carbons (Fsp3) is 0.250. The summed E-state index contributed by atoms with van der Waals surface area (Å²) in [5.74, 6) is 0.608. The summed E-state index contributed by atoms with van der Waals surface area (Å²) in [5, 5.41) is 0. The summed E-state index contributed by atoms with van der Waals surface area (Å²) in [6.07, 6.45) is 6.14. The predicted octanol–water partition coefficient (Wildman–Crippen LogP) is 4.05. The summed E-state index contributed by atoms with van der Waals surface area (Å²) in [7, 11) is 2.02. The second kappa shape index (κ2) is 11.4. The average Bonchev–Trinajstić information content (AvgIpc) is 3.13. The van der Waals surface area contributed by atoms with E-state index in [1.54, 1.807) is 0 Å². The lowest BCUT2D eigenvalue weighted by Gasteiger charge is -2.26. The van der Waals surface area contributed by atoms with Gasteiger partial charge >= 0.3 is 0 Å². The topological polar surface area (TPSA) is 41.1 Å². The van der Waals surface area contributed by atoms with Crippen molar-refractivity contribution in [3.05, 3.63) is 90.5 Å². The van der Waals surface area contributed by atoms with Crippen LogP contribution in [0, 0.1) is 0 Å². The molecule has 0 saturated carbocycles. The van der Waals surface area contributed by atoms with Crippen molar-refractivity contribution in [1.82, 2.24) is 4.57 Å². The van der Waals surface area contributed by atoms with Crippen molar-refractivity contribution in [3.8, 4) is 0 Å². The number of hydrogen-bond donors (Lipinski definition) is 0. The molecule has 7 heteroatoms. The number of nitrogens with zero attached hydrogens (tertiary/aromatic N) is 2. The Balaban J connectivity index is 0.000000273. The normalized spacial score (nSPS) is 12.7. The monoisotopic (exact) mass is 420 g/mol. The molecule has 0 spiro atoms. The molecule has 0 amide bonds. The first-order valence-electron chi connectivity index (χ1n) is 8.67. The van der Waals surface area contributed by atoms with Gasteiger partial charge < -0.3 is 9.42 Å². The lowest BCUT2D eigenvalue weighted by atomic mass is 10.2. The highest BCUT2D eigenvalue weighted by Gasteiger charge is 2.05. The van der Waals surface area contributed by atoms with E-state index in [9.17, 15) is 4.89 Å². The molecule has 0 bridgehead atoms. The minimum absolute atomic E-state index is 0.295. The van der Waals surface area contributed by atoms with Gasteiger partial charge in [-0.3, -0.25) is 0 Å². The van der Waals surface area contributed by atoms with Crippen molar-refractivity contribution in [2.75, 3.05) is 0 Å². The fourth-order valence-electron chi connectivity index (χ4n) is 2.18. The van der Waals surface area contributed by atoms with E-state index in [4.69, 9.17) is 16.3 Å². The Morgan fingerprint density at radius 1 is 1.07 bits per heavy atom. The minimum Gasteiger partial charge on any atom is -0.793 e. The van der Waals surface area contributed by atoms with E-state index in [1.807, 2.05) is 78.5 Å². The van der Waals surface area contributed by atoms with Crippen LogP contribution in [0.3, 0.4) is 0 Å². The van der Waals surface area contributed by atoms with Gasteiger partial charge in [0, 0.05) is 11.4 Å². The van der Waals surface area contributed by atoms with Crippen LogP contribution in [-0.4, -0.2) is 4.57 Å². The highest BCUT2D eigenvalue weighted by atomic mass is 32.9. The molecule has 0 saturated heterocycles. The maximum absolute atomic E-state index is 12.1. The quantitative estimate of drug-likeness (QED) is 0.427. The summed E-state index contributed by atoms with van der Waals surface area (Å²) in [5.41, 5.74) is -0.946. The first-order valence-corrected chi connectivity index (χ1v) is 12.9. The Morgan fingerprint density at radius 2 is 1.67 bits per heavy atom. The van der Waals surface area contributed by atoms with Gasteiger partial charge in [0.25, 0.3) is 0 Å². The van der Waals surface area contributed by atoms with Gasteiger partial charge in [-0.05, 0) is 18.1 Å². The van der Waals surface area contributed by atoms with Crippen LogP contribution >= 0.6 is 17.1 Å². The summed E-state index contributed by atoms with van der Waals surface area (Å²) in [6, 6.07) is 19.5. The molecule has 0 aliphatic heterocycles. The second-order valence-corrected chi connectivity index (χ2v) is 11.9. The molecule has 4 nitrogen and oxygen atoms in total. The van der Waals surface area contributed by atoms with Gasteiger partial charge in [-0.1, -0.05) is 72.5 Å². The maximum atomic E-state index is 12.1. The Bertz CT molecular complexity index is 794. The van der Waals surface area contributed by atoms with Crippen molar-refractivity contribution in [2.45, 2.75) is 25.8 Å². The Kier molecular flexibility index (Phi) is 9.25. The highest BCUT2D eigenvalue weighted by molar-refractivity contribution is 8.66. The number of aromatic nitrogens is 2. The zero-order valence-corrected chi connectivity index (χ0v) is 18.1. The van der Waals surface area contributed by atoms with Gasteiger partial charge in [0.15, 0.2) is 0 Å². The molecular formula is C20H25N2O2PS2. The third-order valence-corrected chi connectivity index (χ3v) is 7.79. The van der Waals surface area contributed by atoms with Crippen molar-refractivity contribution in [3.63, 3.8) is 0 Å². The SMILES string of the molecule is CCn1cc[n+](C)c1.[O-]P(=S)(OCc1ccccc1)SCc1ccccc1. The zero-order valence-electron chi connectivity index (χ0n) is 15.6. The molecule has 1 aromatic heterocycles. The number of imidazole rings is 1. The minimum atomic E-state index is -3.02. The van der Waals surface area contributed by atoms with Crippen molar-refractivity contribution in [2.24, 2.45) is 7.05 Å². The molecule has 1 atom stereocenters. The van der Waals surface area contributed by atoms with Gasteiger partial charge in [0.05, 0.1) is 20.2 Å². The third-order valence-electron chi connectivity index (χ3n) is 3.65. The average molecular weight is 421 g/mol. The molecule has 0 radical (unpaired) electrons. The summed E-state index contributed by atoms with van der Waals surface area (Å²) < 4.78 is 9.53. The molecule has 1 unspecified atom stereocenters. The summed E-state index contributed by atoms with van der Waals surface area (Å²) >= 11 is 6.24. The van der Waals surface area contributed by atoms with Crippen LogP contribution in [0.1, 0.15) is 18.1 Å². The van der Waals surface area contributed by atoms with E-state index < -0.39 is 5.69 Å². The largest absolute Gasteiger partial charge is 0.793 e. The first-order chi connectivity index (χ1) is 13.0. The van der Waals surface area contributed by atoms with E-state index >= 15 is 0 Å². The Hall–Kier alpha value is -1.43. The van der Waals surface area contributed by atoms with Crippen LogP contribution in [0.15, 0.2) is 79.4 Å². The van der Waals surface area contributed by atoms with Crippen molar-refractivity contribution in [1.29, 1.82) is 0 Å². The van der Waals surface area contributed by atoms with Gasteiger partial charge in [-0.2, -0.15) is 0 Å². The number of hydrogen-bond acceptors (Lipinski definition) is 4. The molecule has 3 aromatic rings. The zero-order chi connectivity index (χ0) is 19.5. The smallest absolute Gasteiger partial charge is 0.243 e. The molecule has 27 heavy (non-hydrogen) atoms. The van der Waals surface area contributed by atoms with E-state index in [0.717, 1.165) is 17.7 Å². The van der Waals surface area contributed by atoms with Gasteiger partial charge in [0.2, 0.25) is 6.33 Å². The van der Waals surface area contributed by atoms with E-state index in [2.05, 4.69) is 24.0 Å². The molecule has 3 rings (SSSR count). The summed E-state index contributed by atoms with van der Waals surface area (Å²) in [6.45, 7) is 3.48.